The first-order valence-electron chi connectivity index (χ1n) is 8.66. The van der Waals surface area contributed by atoms with E-state index in [-0.39, 0.29) is 12.5 Å². The number of halogens is 1. The molecule has 0 radical (unpaired) electrons. The van der Waals surface area contributed by atoms with Gasteiger partial charge in [0.2, 0.25) is 0 Å². The van der Waals surface area contributed by atoms with Crippen LogP contribution in [0.15, 0.2) is 22.7 Å². The van der Waals surface area contributed by atoms with E-state index in [1.54, 1.807) is 6.07 Å². The third-order valence-corrected chi connectivity index (χ3v) is 6.97. The molecule has 0 saturated carbocycles. The van der Waals surface area contributed by atoms with Gasteiger partial charge in [0.05, 0.1) is 9.39 Å². The van der Waals surface area contributed by atoms with Gasteiger partial charge in [-0.1, -0.05) is 35.1 Å². The fraction of sp³-hybridized carbons (Fsp3) is 0.350. The summed E-state index contributed by atoms with van der Waals surface area (Å²) < 4.78 is 7.32. The third kappa shape index (κ3) is 4.57. The van der Waals surface area contributed by atoms with Crippen molar-refractivity contribution in [3.63, 3.8) is 0 Å². The highest BCUT2D eigenvalue weighted by Crippen LogP contribution is 2.35. The summed E-state index contributed by atoms with van der Waals surface area (Å²) in [7, 11) is 0. The lowest BCUT2D eigenvalue weighted by Crippen LogP contribution is -2.21. The largest absolute Gasteiger partial charge is 0.484 e. The van der Waals surface area contributed by atoms with Gasteiger partial charge in [-0.05, 0) is 67.0 Å². The third-order valence-electron chi connectivity index (χ3n) is 4.64. The van der Waals surface area contributed by atoms with Crippen LogP contribution in [0.5, 0.6) is 5.75 Å². The van der Waals surface area contributed by atoms with Crippen LogP contribution >= 0.6 is 39.5 Å². The minimum atomic E-state index is -0.304. The molecule has 1 aliphatic rings. The van der Waals surface area contributed by atoms with Crippen molar-refractivity contribution < 1.29 is 9.53 Å². The molecule has 27 heavy (non-hydrogen) atoms. The first kappa shape index (κ1) is 20.0. The van der Waals surface area contributed by atoms with Gasteiger partial charge in [-0.3, -0.25) is 4.79 Å². The molecular weight excluding hydrogens is 444 g/mol. The number of anilines is 1. The van der Waals surface area contributed by atoms with E-state index in [0.717, 1.165) is 44.2 Å². The van der Waals surface area contributed by atoms with Crippen molar-refractivity contribution >= 4 is 50.4 Å². The predicted molar refractivity (Wildman–Crippen MR) is 114 cm³/mol. The summed E-state index contributed by atoms with van der Waals surface area (Å²) in [5.74, 6) is 0.890. The number of hydrogen-bond acceptors (Lipinski definition) is 5. The molecule has 0 spiro atoms. The van der Waals surface area contributed by atoms with E-state index >= 15 is 0 Å². The molecule has 7 heteroatoms. The van der Waals surface area contributed by atoms with Crippen LogP contribution in [0.2, 0.25) is 0 Å². The second-order valence-corrected chi connectivity index (χ2v) is 9.30. The van der Waals surface area contributed by atoms with E-state index in [1.807, 2.05) is 19.1 Å². The highest BCUT2D eigenvalue weighted by atomic mass is 79.9. The number of fused-ring (bicyclic) bond motifs is 1. The second-order valence-electron chi connectivity index (χ2n) is 6.76. The Hall–Kier alpha value is -1.75. The van der Waals surface area contributed by atoms with Crippen molar-refractivity contribution in [1.82, 2.24) is 0 Å². The molecule has 1 amide bonds. The Labute approximate surface area is 176 Å². The number of rotatable bonds is 4. The summed E-state index contributed by atoms with van der Waals surface area (Å²) in [6, 6.07) is 7.81. The van der Waals surface area contributed by atoms with E-state index < -0.39 is 0 Å². The smallest absolute Gasteiger partial charge is 0.262 e. The average Bonchev–Trinajstić information content (AvgIpc) is 2.63. The molecule has 2 aromatic rings. The Bertz CT molecular complexity index is 995. The summed E-state index contributed by atoms with van der Waals surface area (Å²) in [5.41, 5.74) is 3.67. The van der Waals surface area contributed by atoms with Gasteiger partial charge >= 0.3 is 0 Å². The van der Waals surface area contributed by atoms with Crippen LogP contribution in [-0.2, 0) is 17.6 Å². The zero-order valence-corrected chi connectivity index (χ0v) is 18.3. The summed E-state index contributed by atoms with van der Waals surface area (Å²) >= 11 is 10.3. The standard InChI is InChI=1S/C20H19BrN2O2S2/c1-11-3-5-14-15(7-11)20(26)27-19(16(14)9-22)23-18(24)10-25-13-4-6-17(21)12(2)8-13/h4,6,8,11H,3,5,7,10H2,1-2H3,(H,23,24). The van der Waals surface area contributed by atoms with Gasteiger partial charge in [-0.25, -0.2) is 0 Å². The fourth-order valence-electron chi connectivity index (χ4n) is 3.16. The SMILES string of the molecule is Cc1cc(OCC(=O)Nc2sc(=S)c3c(c2C#N)CCC(C)C3)ccc1Br. The number of ether oxygens (including phenoxy) is 1. The maximum absolute atomic E-state index is 12.4. The molecule has 1 unspecified atom stereocenters. The molecule has 1 aromatic carbocycles. The van der Waals surface area contributed by atoms with Gasteiger partial charge in [0.1, 0.15) is 16.8 Å². The number of nitrogens with one attached hydrogen (secondary N) is 1. The quantitative estimate of drug-likeness (QED) is 0.603. The van der Waals surface area contributed by atoms with E-state index in [1.165, 1.54) is 11.3 Å². The summed E-state index contributed by atoms with van der Waals surface area (Å²) in [5, 5.41) is 13.0. The summed E-state index contributed by atoms with van der Waals surface area (Å²) in [4.78, 5) is 12.4. The summed E-state index contributed by atoms with van der Waals surface area (Å²) in [6.45, 7) is 4.03. The van der Waals surface area contributed by atoms with Crippen LogP contribution in [0.25, 0.3) is 0 Å². The number of aryl methyl sites for hydroxylation is 1. The topological polar surface area (TPSA) is 62.1 Å². The normalized spacial score (nSPS) is 15.6. The van der Waals surface area contributed by atoms with Crippen molar-refractivity contribution in [2.24, 2.45) is 5.92 Å². The Morgan fingerprint density at radius 3 is 2.96 bits per heavy atom. The van der Waals surface area contributed by atoms with Crippen LogP contribution in [0, 0.1) is 28.0 Å². The van der Waals surface area contributed by atoms with E-state index in [2.05, 4.69) is 34.2 Å². The molecule has 4 nitrogen and oxygen atoms in total. The highest BCUT2D eigenvalue weighted by molar-refractivity contribution is 9.10. The zero-order chi connectivity index (χ0) is 19.6. The molecule has 1 N–H and O–H groups in total. The lowest BCUT2D eigenvalue weighted by molar-refractivity contribution is -0.118. The molecule has 0 bridgehead atoms. The predicted octanol–water partition coefficient (Wildman–Crippen LogP) is 5.56. The first-order chi connectivity index (χ1) is 12.9. The number of nitrogens with zero attached hydrogens (tertiary/aromatic N) is 1. The number of carbonyl (C=O) groups excluding carboxylic acids is 1. The van der Waals surface area contributed by atoms with Crippen molar-refractivity contribution in [2.75, 3.05) is 11.9 Å². The van der Waals surface area contributed by atoms with Crippen molar-refractivity contribution in [1.29, 1.82) is 5.26 Å². The monoisotopic (exact) mass is 462 g/mol. The number of benzene rings is 1. The molecule has 0 fully saturated rings. The number of carbonyl (C=O) groups is 1. The Kier molecular flexibility index (Phi) is 6.30. The Morgan fingerprint density at radius 2 is 2.26 bits per heavy atom. The summed E-state index contributed by atoms with van der Waals surface area (Å²) in [6.07, 6.45) is 2.76. The molecule has 1 aliphatic carbocycles. The number of hydrogen-bond donors (Lipinski definition) is 1. The van der Waals surface area contributed by atoms with Crippen LogP contribution in [0.4, 0.5) is 5.00 Å². The van der Waals surface area contributed by atoms with Crippen molar-refractivity contribution in [2.45, 2.75) is 33.1 Å². The number of amides is 1. The Balaban J connectivity index is 1.76. The van der Waals surface area contributed by atoms with Crippen LogP contribution in [0.1, 0.15) is 35.6 Å². The van der Waals surface area contributed by atoms with Gasteiger partial charge in [0, 0.05) is 4.47 Å². The molecule has 0 saturated heterocycles. The molecule has 140 valence electrons. The highest BCUT2D eigenvalue weighted by Gasteiger charge is 2.23. The van der Waals surface area contributed by atoms with Crippen molar-refractivity contribution in [3.8, 4) is 11.8 Å². The number of nitriles is 1. The fourth-order valence-corrected chi connectivity index (χ4v) is 4.82. The van der Waals surface area contributed by atoms with Crippen LogP contribution < -0.4 is 10.1 Å². The molecule has 0 aliphatic heterocycles. The molecule has 1 atom stereocenters. The lowest BCUT2D eigenvalue weighted by atomic mass is 9.85. The second kappa shape index (κ2) is 8.51. The Morgan fingerprint density at radius 1 is 1.48 bits per heavy atom. The van der Waals surface area contributed by atoms with Gasteiger partial charge < -0.3 is 10.1 Å². The first-order valence-corrected chi connectivity index (χ1v) is 10.7. The van der Waals surface area contributed by atoms with Crippen LogP contribution in [0.3, 0.4) is 0 Å². The van der Waals surface area contributed by atoms with Gasteiger partial charge in [-0.2, -0.15) is 5.26 Å². The van der Waals surface area contributed by atoms with Gasteiger partial charge in [0.25, 0.3) is 5.91 Å². The minimum absolute atomic E-state index is 0.125. The average molecular weight is 463 g/mol. The van der Waals surface area contributed by atoms with E-state index in [0.29, 0.717) is 22.2 Å². The van der Waals surface area contributed by atoms with Gasteiger partial charge in [-0.15, -0.1) is 11.3 Å². The minimum Gasteiger partial charge on any atom is -0.484 e. The molecular formula is C20H19BrN2O2S2. The maximum atomic E-state index is 12.4. The van der Waals surface area contributed by atoms with Gasteiger partial charge in [0.15, 0.2) is 6.61 Å². The van der Waals surface area contributed by atoms with Crippen LogP contribution in [-0.4, -0.2) is 12.5 Å². The van der Waals surface area contributed by atoms with E-state index in [9.17, 15) is 10.1 Å². The zero-order valence-electron chi connectivity index (χ0n) is 15.1. The maximum Gasteiger partial charge on any atom is 0.262 e. The molecule has 1 aromatic heterocycles. The van der Waals surface area contributed by atoms with Crippen molar-refractivity contribution in [3.05, 3.63) is 48.7 Å². The lowest BCUT2D eigenvalue weighted by Gasteiger charge is -2.23. The van der Waals surface area contributed by atoms with E-state index in [4.69, 9.17) is 17.0 Å². The molecule has 1 heterocycles. The molecule has 3 rings (SSSR count).